The van der Waals surface area contributed by atoms with Gasteiger partial charge in [-0.15, -0.1) is 0 Å². The van der Waals surface area contributed by atoms with Crippen LogP contribution in [0.15, 0.2) is 11.1 Å². The van der Waals surface area contributed by atoms with Gasteiger partial charge in [0.05, 0.1) is 24.1 Å². The Morgan fingerprint density at radius 2 is 2.15 bits per heavy atom. The number of aliphatic hydroxyl groups is 2. The van der Waals surface area contributed by atoms with E-state index in [0.29, 0.717) is 0 Å². The van der Waals surface area contributed by atoms with Gasteiger partial charge in [0.2, 0.25) is 5.95 Å². The molecule has 1 fully saturated rings. The normalized spacial score (nSPS) is 27.7. The minimum atomic E-state index is -1.43. The largest absolute Gasteiger partial charge is 0.396 e. The van der Waals surface area contributed by atoms with Crippen molar-refractivity contribution in [3.63, 3.8) is 0 Å². The molecular formula is C17H27N5O5. The van der Waals surface area contributed by atoms with Gasteiger partial charge >= 0.3 is 0 Å². The lowest BCUT2D eigenvalue weighted by Crippen LogP contribution is -2.46. The maximum atomic E-state index is 12.0. The van der Waals surface area contributed by atoms with E-state index in [2.05, 4.69) is 15.0 Å². The number of imidazole rings is 1. The molecule has 2 aromatic heterocycles. The third-order valence-electron chi connectivity index (χ3n) is 4.85. The first-order chi connectivity index (χ1) is 12.5. The summed E-state index contributed by atoms with van der Waals surface area (Å²) < 4.78 is 13.2. The molecule has 10 heteroatoms. The minimum Gasteiger partial charge on any atom is -0.396 e. The smallest absolute Gasteiger partial charge is 0.280 e. The van der Waals surface area contributed by atoms with Crippen LogP contribution >= 0.6 is 0 Å². The molecule has 10 nitrogen and oxygen atoms in total. The van der Waals surface area contributed by atoms with Crippen LogP contribution < -0.4 is 11.3 Å². The van der Waals surface area contributed by atoms with Crippen LogP contribution in [0, 0.1) is 5.92 Å². The molecule has 2 heterocycles. The highest BCUT2D eigenvalue weighted by Crippen LogP contribution is 2.55. The molecule has 5 atom stereocenters. The van der Waals surface area contributed by atoms with Gasteiger partial charge in [-0.25, -0.2) is 4.98 Å². The molecule has 0 spiro atoms. The van der Waals surface area contributed by atoms with Gasteiger partial charge in [0.1, 0.15) is 11.7 Å². The number of hydrogen-bond donors (Lipinski definition) is 4. The van der Waals surface area contributed by atoms with Gasteiger partial charge in [-0.2, -0.15) is 4.98 Å². The van der Waals surface area contributed by atoms with Crippen molar-refractivity contribution in [2.45, 2.75) is 57.1 Å². The molecule has 0 radical (unpaired) electrons. The molecule has 5 N–H and O–H groups in total. The van der Waals surface area contributed by atoms with Gasteiger partial charge in [-0.3, -0.25) is 9.78 Å². The number of aromatic nitrogens is 4. The van der Waals surface area contributed by atoms with Gasteiger partial charge in [-0.1, -0.05) is 6.92 Å². The molecule has 0 saturated heterocycles. The Kier molecular flexibility index (Phi) is 4.79. The van der Waals surface area contributed by atoms with Crippen molar-refractivity contribution in [3.8, 4) is 0 Å². The summed E-state index contributed by atoms with van der Waals surface area (Å²) in [6, 6.07) is -0.595. The molecule has 3 rings (SSSR count). The third-order valence-corrected chi connectivity index (χ3v) is 4.85. The summed E-state index contributed by atoms with van der Waals surface area (Å²) in [6.45, 7) is 7.26. The van der Waals surface area contributed by atoms with Gasteiger partial charge in [0, 0.05) is 19.6 Å². The zero-order valence-corrected chi connectivity index (χ0v) is 16.1. The number of aromatic amines is 1. The lowest BCUT2D eigenvalue weighted by Gasteiger charge is -2.35. The number of ether oxygens (including phenoxy) is 2. The van der Waals surface area contributed by atoms with Crippen LogP contribution in [-0.2, 0) is 9.47 Å². The van der Waals surface area contributed by atoms with E-state index >= 15 is 0 Å². The second-order valence-corrected chi connectivity index (χ2v) is 8.07. The van der Waals surface area contributed by atoms with Crippen molar-refractivity contribution in [2.24, 2.45) is 5.92 Å². The predicted octanol–water partition coefficient (Wildman–Crippen LogP) is -0.185. The van der Waals surface area contributed by atoms with Crippen LogP contribution in [0.2, 0.25) is 0 Å². The average molecular weight is 381 g/mol. The molecule has 5 unspecified atom stereocenters. The van der Waals surface area contributed by atoms with E-state index in [-0.39, 0.29) is 29.6 Å². The second kappa shape index (κ2) is 6.55. The number of nitrogen functional groups attached to an aromatic ring is 1. The van der Waals surface area contributed by atoms with Crippen molar-refractivity contribution >= 4 is 17.1 Å². The third kappa shape index (κ3) is 3.22. The number of anilines is 1. The summed E-state index contributed by atoms with van der Waals surface area (Å²) >= 11 is 0. The Hall–Kier alpha value is -2.01. The van der Waals surface area contributed by atoms with Crippen LogP contribution in [0.1, 0.15) is 33.7 Å². The van der Waals surface area contributed by atoms with Crippen LogP contribution in [0.5, 0.6) is 0 Å². The standard InChI is InChI=1S/C17H27N5O5/c1-8(6-23)11(27-16(2,3)4)17(25)10(12(17)26-5)22-7-19-9-13(22)20-15(18)21-14(9)24/h7-8,10-12,23,25H,6H2,1-5H3,(H3,18,20,21,24). The number of fused-ring (bicyclic) bond motifs is 1. The molecule has 0 aromatic carbocycles. The van der Waals surface area contributed by atoms with E-state index in [9.17, 15) is 15.0 Å². The summed E-state index contributed by atoms with van der Waals surface area (Å²) in [4.78, 5) is 22.7. The first-order valence-corrected chi connectivity index (χ1v) is 8.80. The highest BCUT2D eigenvalue weighted by molar-refractivity contribution is 5.71. The molecule has 0 bridgehead atoms. The van der Waals surface area contributed by atoms with Crippen molar-refractivity contribution < 1.29 is 19.7 Å². The summed E-state index contributed by atoms with van der Waals surface area (Å²) in [5, 5.41) is 21.2. The van der Waals surface area contributed by atoms with Gasteiger partial charge < -0.3 is 30.0 Å². The highest BCUT2D eigenvalue weighted by atomic mass is 16.6. The fraction of sp³-hybridized carbons (Fsp3) is 0.706. The molecular weight excluding hydrogens is 354 g/mol. The number of methoxy groups -OCH3 is 1. The number of nitrogens with two attached hydrogens (primary N) is 1. The number of rotatable bonds is 6. The zero-order chi connectivity index (χ0) is 20.1. The minimum absolute atomic E-state index is 0.0429. The van der Waals surface area contributed by atoms with E-state index in [1.54, 1.807) is 11.5 Å². The molecule has 0 amide bonds. The fourth-order valence-electron chi connectivity index (χ4n) is 3.65. The number of nitrogens with zero attached hydrogens (tertiary/aromatic N) is 3. The van der Waals surface area contributed by atoms with Crippen LogP contribution in [0.25, 0.3) is 11.2 Å². The number of H-pyrrole nitrogens is 1. The Balaban J connectivity index is 2.07. The van der Waals surface area contributed by atoms with E-state index in [0.717, 1.165) is 0 Å². The van der Waals surface area contributed by atoms with Crippen molar-refractivity contribution in [2.75, 3.05) is 19.5 Å². The maximum absolute atomic E-state index is 12.0. The van der Waals surface area contributed by atoms with Gasteiger partial charge in [-0.05, 0) is 20.8 Å². The molecule has 27 heavy (non-hydrogen) atoms. The number of nitrogens with one attached hydrogen (secondary N) is 1. The molecule has 1 aliphatic carbocycles. The fourth-order valence-corrected chi connectivity index (χ4v) is 3.65. The van der Waals surface area contributed by atoms with E-state index in [1.165, 1.54) is 13.4 Å². The van der Waals surface area contributed by atoms with Crippen LogP contribution in [0.3, 0.4) is 0 Å². The Morgan fingerprint density at radius 3 is 2.70 bits per heavy atom. The second-order valence-electron chi connectivity index (χ2n) is 8.07. The predicted molar refractivity (Wildman–Crippen MR) is 98.2 cm³/mol. The van der Waals surface area contributed by atoms with Crippen molar-refractivity contribution in [3.05, 3.63) is 16.7 Å². The Morgan fingerprint density at radius 1 is 1.48 bits per heavy atom. The quantitative estimate of drug-likeness (QED) is 0.538. The topological polar surface area (TPSA) is 149 Å². The summed E-state index contributed by atoms with van der Waals surface area (Å²) in [6.07, 6.45) is 0.0893. The van der Waals surface area contributed by atoms with E-state index in [4.69, 9.17) is 15.2 Å². The Bertz CT molecular complexity index is 888. The van der Waals surface area contributed by atoms with Crippen molar-refractivity contribution in [1.82, 2.24) is 19.5 Å². The Labute approximate surface area is 156 Å². The zero-order valence-electron chi connectivity index (χ0n) is 16.1. The molecule has 1 saturated carbocycles. The summed E-state index contributed by atoms with van der Waals surface area (Å²) in [5.41, 5.74) is 3.60. The SMILES string of the molecule is COC1C(n2cnc3c(=O)[nH]c(N)nc32)C1(O)C(OC(C)(C)C)C(C)CO. The van der Waals surface area contributed by atoms with E-state index < -0.39 is 35.0 Å². The monoisotopic (exact) mass is 381 g/mol. The summed E-state index contributed by atoms with van der Waals surface area (Å²) in [7, 11) is 1.49. The molecule has 150 valence electrons. The lowest BCUT2D eigenvalue weighted by atomic mass is 9.96. The first-order valence-electron chi connectivity index (χ1n) is 8.80. The van der Waals surface area contributed by atoms with Crippen LogP contribution in [-0.4, -0.2) is 66.9 Å². The highest BCUT2D eigenvalue weighted by Gasteiger charge is 2.72. The number of aliphatic hydroxyl groups excluding tert-OH is 1. The maximum Gasteiger partial charge on any atom is 0.280 e. The van der Waals surface area contributed by atoms with Gasteiger partial charge in [0.15, 0.2) is 11.2 Å². The van der Waals surface area contributed by atoms with Crippen molar-refractivity contribution in [1.29, 1.82) is 0 Å². The average Bonchev–Trinajstić information content (AvgIpc) is 2.95. The number of hydrogen-bond acceptors (Lipinski definition) is 8. The van der Waals surface area contributed by atoms with E-state index in [1.807, 2.05) is 20.8 Å². The summed E-state index contributed by atoms with van der Waals surface area (Å²) in [5.74, 6) is -0.397. The first kappa shape index (κ1) is 19.7. The lowest BCUT2D eigenvalue weighted by molar-refractivity contribution is -0.160. The van der Waals surface area contributed by atoms with Crippen LogP contribution in [0.4, 0.5) is 5.95 Å². The molecule has 2 aromatic rings. The molecule has 0 aliphatic heterocycles. The molecule has 1 aliphatic rings. The van der Waals surface area contributed by atoms with Gasteiger partial charge in [0.25, 0.3) is 5.56 Å².